The fraction of sp³-hybridized carbons (Fsp3) is 0.875. The van der Waals surface area contributed by atoms with Crippen LogP contribution in [0.1, 0.15) is 19.3 Å². The van der Waals surface area contributed by atoms with E-state index in [4.69, 9.17) is 12.2 Å². The fourth-order valence-corrected chi connectivity index (χ4v) is 2.93. The predicted molar refractivity (Wildman–Crippen MR) is 53.5 cm³/mol. The number of fused-ring (bicyclic) bond motifs is 3. The summed E-state index contributed by atoms with van der Waals surface area (Å²) in [6.07, 6.45) is 3.52. The highest BCUT2D eigenvalue weighted by atomic mass is 32.1. The summed E-state index contributed by atoms with van der Waals surface area (Å²) in [5.74, 6) is 0. The molecule has 3 fully saturated rings. The smallest absolute Gasteiger partial charge is 0.238 e. The van der Waals surface area contributed by atoms with E-state index >= 15 is 0 Å². The Morgan fingerprint density at radius 1 is 1.21 bits per heavy atom. The quantitative estimate of drug-likeness (QED) is 0.688. The van der Waals surface area contributed by atoms with Crippen LogP contribution in [0.15, 0.2) is 0 Å². The number of aromatic amines is 1. The highest BCUT2D eigenvalue weighted by molar-refractivity contribution is 7.71. The summed E-state index contributed by atoms with van der Waals surface area (Å²) in [5.41, 5.74) is 0.190. The lowest BCUT2D eigenvalue weighted by Gasteiger charge is -2.48. The lowest BCUT2D eigenvalue weighted by molar-refractivity contribution is 0.0242. The van der Waals surface area contributed by atoms with Crippen LogP contribution in [0, 0.1) is 4.77 Å². The van der Waals surface area contributed by atoms with Crippen molar-refractivity contribution in [2.24, 2.45) is 0 Å². The summed E-state index contributed by atoms with van der Waals surface area (Å²) in [6.45, 7) is 3.54. The molecule has 1 N–H and O–H groups in total. The molecule has 0 saturated carbocycles. The monoisotopic (exact) mass is 211 g/mol. The molecule has 3 aliphatic heterocycles. The van der Waals surface area contributed by atoms with Crippen LogP contribution in [0.5, 0.6) is 0 Å². The molecule has 4 rings (SSSR count). The van der Waals surface area contributed by atoms with Crippen LogP contribution in [-0.2, 0) is 5.54 Å². The maximum Gasteiger partial charge on any atom is 0.238 e. The molecule has 6 heteroatoms. The van der Waals surface area contributed by atoms with Crippen molar-refractivity contribution < 1.29 is 0 Å². The molecule has 0 atom stereocenters. The van der Waals surface area contributed by atoms with Gasteiger partial charge >= 0.3 is 0 Å². The Hall–Kier alpha value is -0.750. The molecule has 3 saturated heterocycles. The standard InChI is InChI=1S/C8H13N5S/c14-7-9-10-11-13(7)8-1-4-12(5-2-8)6-3-8/h1-6H2,(H,9,11,14). The van der Waals surface area contributed by atoms with E-state index in [1.807, 2.05) is 4.68 Å². The summed E-state index contributed by atoms with van der Waals surface area (Å²) in [6, 6.07) is 0. The van der Waals surface area contributed by atoms with Crippen molar-refractivity contribution in [3.05, 3.63) is 4.77 Å². The number of nitrogens with one attached hydrogen (secondary N) is 1. The summed E-state index contributed by atoms with van der Waals surface area (Å²) in [4.78, 5) is 2.51. The topological polar surface area (TPSA) is 49.7 Å². The Balaban J connectivity index is 2.03. The van der Waals surface area contributed by atoms with Gasteiger partial charge in [0.25, 0.3) is 0 Å². The highest BCUT2D eigenvalue weighted by Gasteiger charge is 2.41. The molecule has 3 aliphatic rings. The molecule has 0 unspecified atom stereocenters. The van der Waals surface area contributed by atoms with Crippen LogP contribution in [0.4, 0.5) is 0 Å². The Morgan fingerprint density at radius 2 is 1.86 bits per heavy atom. The van der Waals surface area contributed by atoms with Crippen molar-refractivity contribution >= 4 is 12.2 Å². The van der Waals surface area contributed by atoms with Crippen LogP contribution in [0.3, 0.4) is 0 Å². The second-order valence-electron chi connectivity index (χ2n) is 4.23. The van der Waals surface area contributed by atoms with Gasteiger partial charge in [0.2, 0.25) is 4.77 Å². The van der Waals surface area contributed by atoms with Gasteiger partial charge in [-0.15, -0.1) is 0 Å². The number of piperidine rings is 3. The van der Waals surface area contributed by atoms with Gasteiger partial charge in [-0.25, -0.2) is 4.68 Å². The van der Waals surface area contributed by atoms with Gasteiger partial charge in [-0.3, -0.25) is 0 Å². The van der Waals surface area contributed by atoms with E-state index in [0.29, 0.717) is 4.77 Å². The van der Waals surface area contributed by atoms with Crippen LogP contribution >= 0.6 is 12.2 Å². The highest BCUT2D eigenvalue weighted by Crippen LogP contribution is 2.37. The van der Waals surface area contributed by atoms with Gasteiger partial charge in [-0.2, -0.15) is 5.21 Å². The minimum Gasteiger partial charge on any atom is -0.303 e. The molecule has 0 spiro atoms. The Morgan fingerprint density at radius 3 is 2.36 bits per heavy atom. The second kappa shape index (κ2) is 2.87. The first-order valence-corrected chi connectivity index (χ1v) is 5.44. The van der Waals surface area contributed by atoms with E-state index in [1.54, 1.807) is 0 Å². The average molecular weight is 211 g/mol. The third-order valence-electron chi connectivity index (χ3n) is 3.63. The van der Waals surface area contributed by atoms with Crippen molar-refractivity contribution in [2.45, 2.75) is 24.8 Å². The number of H-pyrrole nitrogens is 1. The summed E-state index contributed by atoms with van der Waals surface area (Å²) >= 11 is 5.17. The van der Waals surface area contributed by atoms with E-state index in [-0.39, 0.29) is 5.54 Å². The predicted octanol–water partition coefficient (Wildman–Crippen LogP) is 0.530. The molecule has 0 radical (unpaired) electrons. The Kier molecular flexibility index (Phi) is 1.75. The third-order valence-corrected chi connectivity index (χ3v) is 3.89. The van der Waals surface area contributed by atoms with Crippen molar-refractivity contribution in [3.8, 4) is 0 Å². The van der Waals surface area contributed by atoms with Crippen LogP contribution < -0.4 is 0 Å². The molecule has 0 aliphatic carbocycles. The van der Waals surface area contributed by atoms with Gasteiger partial charge in [0.05, 0.1) is 5.54 Å². The molecule has 2 bridgehead atoms. The van der Waals surface area contributed by atoms with E-state index < -0.39 is 0 Å². The maximum atomic E-state index is 5.17. The molecule has 1 aromatic rings. The van der Waals surface area contributed by atoms with Crippen LogP contribution in [0.2, 0.25) is 0 Å². The number of hydrogen-bond acceptors (Lipinski definition) is 4. The van der Waals surface area contributed by atoms with Gasteiger partial charge in [-0.1, -0.05) is 10.3 Å². The zero-order valence-corrected chi connectivity index (χ0v) is 8.76. The molecule has 0 amide bonds. The molecule has 14 heavy (non-hydrogen) atoms. The number of hydrogen-bond donors (Lipinski definition) is 1. The van der Waals surface area contributed by atoms with E-state index in [0.717, 1.165) is 0 Å². The van der Waals surface area contributed by atoms with Gasteiger partial charge < -0.3 is 4.90 Å². The van der Waals surface area contributed by atoms with E-state index in [9.17, 15) is 0 Å². The van der Waals surface area contributed by atoms with Gasteiger partial charge in [0, 0.05) is 19.6 Å². The average Bonchev–Trinajstić information content (AvgIpc) is 2.68. The first-order chi connectivity index (χ1) is 6.80. The first-order valence-electron chi connectivity index (χ1n) is 5.03. The van der Waals surface area contributed by atoms with Crippen LogP contribution in [-0.4, -0.2) is 44.7 Å². The molecular formula is C8H13N5S. The molecule has 4 heterocycles. The van der Waals surface area contributed by atoms with E-state index in [2.05, 4.69) is 20.4 Å². The van der Waals surface area contributed by atoms with Crippen molar-refractivity contribution in [1.29, 1.82) is 0 Å². The summed E-state index contributed by atoms with van der Waals surface area (Å²) in [5, 5.41) is 10.6. The fourth-order valence-electron chi connectivity index (χ4n) is 2.65. The minimum absolute atomic E-state index is 0.190. The Bertz CT molecular complexity index is 373. The summed E-state index contributed by atoms with van der Waals surface area (Å²) < 4.78 is 2.60. The molecular weight excluding hydrogens is 198 g/mol. The first kappa shape index (κ1) is 8.55. The van der Waals surface area contributed by atoms with Crippen LogP contribution in [0.25, 0.3) is 0 Å². The molecule has 5 nitrogen and oxygen atoms in total. The van der Waals surface area contributed by atoms with Gasteiger partial charge in [0.15, 0.2) is 0 Å². The number of aromatic nitrogens is 4. The largest absolute Gasteiger partial charge is 0.303 e. The number of nitrogens with zero attached hydrogens (tertiary/aromatic N) is 4. The third kappa shape index (κ3) is 1.07. The Labute approximate surface area is 87.1 Å². The van der Waals surface area contributed by atoms with E-state index in [1.165, 1.54) is 38.9 Å². The second-order valence-corrected chi connectivity index (χ2v) is 4.60. The lowest BCUT2D eigenvalue weighted by Crippen LogP contribution is -2.53. The number of tetrazole rings is 1. The van der Waals surface area contributed by atoms with Gasteiger partial charge in [-0.05, 0) is 31.5 Å². The van der Waals surface area contributed by atoms with Crippen molar-refractivity contribution in [2.75, 3.05) is 19.6 Å². The molecule has 1 aromatic heterocycles. The lowest BCUT2D eigenvalue weighted by atomic mass is 9.80. The zero-order chi connectivity index (χ0) is 9.60. The normalized spacial score (nSPS) is 36.1. The SMILES string of the molecule is S=c1nn[nH]n1C12CCN(CC1)CC2. The van der Waals surface area contributed by atoms with Crippen molar-refractivity contribution in [1.82, 2.24) is 25.1 Å². The zero-order valence-electron chi connectivity index (χ0n) is 7.94. The number of rotatable bonds is 1. The van der Waals surface area contributed by atoms with Gasteiger partial charge in [0.1, 0.15) is 0 Å². The molecule has 0 aromatic carbocycles. The molecule has 76 valence electrons. The maximum absolute atomic E-state index is 5.17. The van der Waals surface area contributed by atoms with Crippen molar-refractivity contribution in [3.63, 3.8) is 0 Å². The minimum atomic E-state index is 0.190. The summed E-state index contributed by atoms with van der Waals surface area (Å²) in [7, 11) is 0.